The number of aliphatic hydroxyl groups excluding tert-OH is 2. The van der Waals surface area contributed by atoms with E-state index in [2.05, 4.69) is 43.5 Å². The molecule has 60 heavy (non-hydrogen) atoms. The van der Waals surface area contributed by atoms with Gasteiger partial charge in [0.15, 0.2) is 0 Å². The van der Waals surface area contributed by atoms with Gasteiger partial charge in [-0.15, -0.1) is 0 Å². The second-order valence-electron chi connectivity index (χ2n) is 18.7. The predicted molar refractivity (Wildman–Crippen MR) is 267 cm³/mol. The van der Waals surface area contributed by atoms with Crippen LogP contribution in [-0.2, 0) is 4.79 Å². The van der Waals surface area contributed by atoms with Gasteiger partial charge in [0.05, 0.1) is 18.8 Å². The number of nitrogens with one attached hydrogen (secondary N) is 1. The quantitative estimate of drug-likeness (QED) is 0.0422. The van der Waals surface area contributed by atoms with Gasteiger partial charge in [-0.1, -0.05) is 275 Å². The Bertz CT molecular complexity index is 912. The first-order valence-electron chi connectivity index (χ1n) is 27.2. The van der Waals surface area contributed by atoms with Gasteiger partial charge in [0.25, 0.3) is 0 Å². The fourth-order valence-electron chi connectivity index (χ4n) is 8.45. The minimum absolute atomic E-state index is 0.0608. The zero-order chi connectivity index (χ0) is 43.5. The largest absolute Gasteiger partial charge is 0.394 e. The van der Waals surface area contributed by atoms with Crippen LogP contribution >= 0.6 is 0 Å². The first-order valence-corrected chi connectivity index (χ1v) is 27.2. The summed E-state index contributed by atoms with van der Waals surface area (Å²) in [7, 11) is 0. The lowest BCUT2D eigenvalue weighted by Crippen LogP contribution is -2.45. The molecule has 0 saturated heterocycles. The van der Waals surface area contributed by atoms with E-state index >= 15 is 0 Å². The minimum Gasteiger partial charge on any atom is -0.394 e. The van der Waals surface area contributed by atoms with E-state index in [0.29, 0.717) is 6.42 Å². The zero-order valence-electron chi connectivity index (χ0n) is 40.7. The third-order valence-electron chi connectivity index (χ3n) is 12.6. The number of unbranched alkanes of at least 4 members (excludes halogenated alkanes) is 39. The lowest BCUT2D eigenvalue weighted by Gasteiger charge is -2.20. The Morgan fingerprint density at radius 1 is 0.400 bits per heavy atom. The monoisotopic (exact) mass is 842 g/mol. The Hall–Kier alpha value is -1.39. The van der Waals surface area contributed by atoms with Crippen LogP contribution in [0.2, 0.25) is 0 Å². The summed E-state index contributed by atoms with van der Waals surface area (Å²) in [5, 5.41) is 23.1. The zero-order valence-corrected chi connectivity index (χ0v) is 40.7. The van der Waals surface area contributed by atoms with Crippen LogP contribution < -0.4 is 5.32 Å². The number of carbonyl (C=O) groups excluding carboxylic acids is 1. The highest BCUT2D eigenvalue weighted by atomic mass is 16.3. The van der Waals surface area contributed by atoms with Crippen LogP contribution in [0.3, 0.4) is 0 Å². The summed E-state index contributed by atoms with van der Waals surface area (Å²) in [4.78, 5) is 12.5. The van der Waals surface area contributed by atoms with Gasteiger partial charge in [-0.25, -0.2) is 0 Å². The summed E-state index contributed by atoms with van der Waals surface area (Å²) < 4.78 is 0. The molecule has 0 radical (unpaired) electrons. The number of hydrogen-bond donors (Lipinski definition) is 3. The number of rotatable bonds is 50. The van der Waals surface area contributed by atoms with Crippen molar-refractivity contribution in [3.63, 3.8) is 0 Å². The second kappa shape index (κ2) is 52.0. The highest BCUT2D eigenvalue weighted by molar-refractivity contribution is 5.76. The SMILES string of the molecule is CCCCCCCCCCC/C=C\C/C=C\CCCCCCCCCCCCCCCCCC(=O)NC(CO)C(O)/C=C/CCCCCCCCCCCCCCCCC. The molecule has 0 saturated carbocycles. The average molecular weight is 842 g/mol. The van der Waals surface area contributed by atoms with Crippen molar-refractivity contribution in [3.05, 3.63) is 36.5 Å². The summed E-state index contributed by atoms with van der Waals surface area (Å²) in [6, 6.07) is -0.621. The van der Waals surface area contributed by atoms with Gasteiger partial charge < -0.3 is 15.5 Å². The lowest BCUT2D eigenvalue weighted by molar-refractivity contribution is -0.123. The van der Waals surface area contributed by atoms with Gasteiger partial charge in [0, 0.05) is 6.42 Å². The fourth-order valence-corrected chi connectivity index (χ4v) is 8.45. The van der Waals surface area contributed by atoms with E-state index in [0.717, 1.165) is 32.1 Å². The molecule has 4 nitrogen and oxygen atoms in total. The number of hydrogen-bond acceptors (Lipinski definition) is 3. The van der Waals surface area contributed by atoms with Crippen molar-refractivity contribution in [2.75, 3.05) is 6.61 Å². The first kappa shape index (κ1) is 58.6. The summed E-state index contributed by atoms with van der Waals surface area (Å²) in [5.41, 5.74) is 0. The van der Waals surface area contributed by atoms with Crippen molar-refractivity contribution in [2.24, 2.45) is 0 Å². The van der Waals surface area contributed by atoms with E-state index in [1.165, 1.54) is 244 Å². The van der Waals surface area contributed by atoms with E-state index in [9.17, 15) is 15.0 Å². The molecule has 0 aliphatic heterocycles. The van der Waals surface area contributed by atoms with Crippen molar-refractivity contribution < 1.29 is 15.0 Å². The van der Waals surface area contributed by atoms with Crippen LogP contribution in [0.1, 0.15) is 296 Å². The number of aliphatic hydroxyl groups is 2. The lowest BCUT2D eigenvalue weighted by atomic mass is 10.0. The van der Waals surface area contributed by atoms with Crippen LogP contribution in [0.4, 0.5) is 0 Å². The van der Waals surface area contributed by atoms with E-state index in [-0.39, 0.29) is 12.5 Å². The Labute approximate surface area is 376 Å². The molecule has 3 N–H and O–H groups in total. The van der Waals surface area contributed by atoms with Crippen LogP contribution in [0, 0.1) is 0 Å². The first-order chi connectivity index (χ1) is 29.7. The van der Waals surface area contributed by atoms with Crippen LogP contribution in [0.5, 0.6) is 0 Å². The summed E-state index contributed by atoms with van der Waals surface area (Å²) >= 11 is 0. The second-order valence-corrected chi connectivity index (χ2v) is 18.7. The highest BCUT2D eigenvalue weighted by Crippen LogP contribution is 2.17. The molecule has 0 aliphatic rings. The Balaban J connectivity index is 3.47. The summed E-state index contributed by atoms with van der Waals surface area (Å²) in [5.74, 6) is -0.0608. The molecule has 0 heterocycles. The number of amides is 1. The Kier molecular flexibility index (Phi) is 50.8. The smallest absolute Gasteiger partial charge is 0.220 e. The third-order valence-corrected chi connectivity index (χ3v) is 12.6. The predicted octanol–water partition coefficient (Wildman–Crippen LogP) is 17.7. The van der Waals surface area contributed by atoms with Crippen LogP contribution in [-0.4, -0.2) is 34.9 Å². The van der Waals surface area contributed by atoms with Crippen molar-refractivity contribution >= 4 is 5.91 Å². The molecule has 4 heteroatoms. The van der Waals surface area contributed by atoms with Gasteiger partial charge in [-0.3, -0.25) is 4.79 Å². The van der Waals surface area contributed by atoms with Gasteiger partial charge in [-0.05, 0) is 51.4 Å². The molecular formula is C56H107NO3. The van der Waals surface area contributed by atoms with Crippen LogP contribution in [0.15, 0.2) is 36.5 Å². The molecule has 1 amide bonds. The molecule has 354 valence electrons. The van der Waals surface area contributed by atoms with E-state index in [1.54, 1.807) is 6.08 Å². The van der Waals surface area contributed by atoms with Crippen molar-refractivity contribution in [3.8, 4) is 0 Å². The van der Waals surface area contributed by atoms with Gasteiger partial charge in [-0.2, -0.15) is 0 Å². The van der Waals surface area contributed by atoms with E-state index in [1.807, 2.05) is 6.08 Å². The van der Waals surface area contributed by atoms with E-state index < -0.39 is 12.1 Å². The molecule has 0 bridgehead atoms. The average Bonchev–Trinajstić information content (AvgIpc) is 3.25. The maximum atomic E-state index is 12.5. The van der Waals surface area contributed by atoms with E-state index in [4.69, 9.17) is 0 Å². The van der Waals surface area contributed by atoms with Gasteiger partial charge >= 0.3 is 0 Å². The Morgan fingerprint density at radius 3 is 1.00 bits per heavy atom. The summed E-state index contributed by atoms with van der Waals surface area (Å²) in [6.45, 7) is 4.33. The number of carbonyl (C=O) groups is 1. The molecule has 0 aromatic rings. The third kappa shape index (κ3) is 47.7. The van der Waals surface area contributed by atoms with Crippen molar-refractivity contribution in [2.45, 2.75) is 309 Å². The topological polar surface area (TPSA) is 69.6 Å². The normalized spacial score (nSPS) is 13.1. The molecule has 0 spiro atoms. The van der Waals surface area contributed by atoms with Crippen molar-refractivity contribution in [1.82, 2.24) is 5.32 Å². The van der Waals surface area contributed by atoms with Gasteiger partial charge in [0.2, 0.25) is 5.91 Å². The van der Waals surface area contributed by atoms with Crippen LogP contribution in [0.25, 0.3) is 0 Å². The highest BCUT2D eigenvalue weighted by Gasteiger charge is 2.18. The maximum absolute atomic E-state index is 12.5. The maximum Gasteiger partial charge on any atom is 0.220 e. The molecular weight excluding hydrogens is 735 g/mol. The minimum atomic E-state index is -0.838. The molecule has 0 fully saturated rings. The molecule has 2 unspecified atom stereocenters. The summed E-state index contributed by atoms with van der Waals surface area (Å²) in [6.07, 6.45) is 70.1. The molecule has 0 aromatic carbocycles. The molecule has 0 aromatic heterocycles. The standard InChI is InChI=1S/C56H107NO3/c1-3-5-7-9-11-13-15-17-19-21-22-23-24-25-26-27-28-29-30-31-32-33-34-36-38-40-42-44-46-48-50-52-56(60)57-54(53-58)55(59)51-49-47-45-43-41-39-37-35-20-18-16-14-12-10-8-6-4-2/h22-23,25-26,49,51,54-55,58-59H,3-21,24,27-48,50,52-53H2,1-2H3,(H,57,60)/b23-22-,26-25-,51-49+. The number of allylic oxidation sites excluding steroid dienone is 5. The molecule has 0 aliphatic carbocycles. The van der Waals surface area contributed by atoms with Gasteiger partial charge in [0.1, 0.15) is 0 Å². The molecule has 0 rings (SSSR count). The Morgan fingerprint density at radius 2 is 0.683 bits per heavy atom. The van der Waals surface area contributed by atoms with Crippen molar-refractivity contribution in [1.29, 1.82) is 0 Å². The molecule has 2 atom stereocenters. The fraction of sp³-hybridized carbons (Fsp3) is 0.875.